The Balaban J connectivity index is 2.55. The van der Waals surface area contributed by atoms with Gasteiger partial charge in [-0.1, -0.05) is 28.1 Å². The highest BCUT2D eigenvalue weighted by molar-refractivity contribution is 9.12. The Kier molecular flexibility index (Phi) is 4.66. The van der Waals surface area contributed by atoms with Gasteiger partial charge in [-0.15, -0.1) is 0 Å². The van der Waals surface area contributed by atoms with Gasteiger partial charge >= 0.3 is 5.97 Å². The van der Waals surface area contributed by atoms with E-state index in [9.17, 15) is 4.79 Å². The van der Waals surface area contributed by atoms with Crippen molar-refractivity contribution in [2.45, 2.75) is 19.8 Å². The lowest BCUT2D eigenvalue weighted by atomic mass is 10.1. The number of halogens is 1. The molecular formula is C11H13BrO2. The van der Waals surface area contributed by atoms with E-state index >= 15 is 0 Å². The standard InChI is InChI=1S/C11H13BrO2/c1-2-14-11(13)8-7-9-5-3-4-6-10(9)12/h5-8H,2-4H2,1H3/b8-7+. The van der Waals surface area contributed by atoms with Crippen molar-refractivity contribution in [3.05, 3.63) is 34.4 Å². The van der Waals surface area contributed by atoms with Crippen LogP contribution in [0.4, 0.5) is 0 Å². The van der Waals surface area contributed by atoms with E-state index in [1.54, 1.807) is 13.0 Å². The minimum absolute atomic E-state index is 0.292. The molecule has 1 rings (SSSR count). The third kappa shape index (κ3) is 3.50. The van der Waals surface area contributed by atoms with Gasteiger partial charge in [0.15, 0.2) is 0 Å². The molecule has 0 aromatic carbocycles. The molecule has 1 aliphatic carbocycles. The maximum atomic E-state index is 11.0. The average Bonchev–Trinajstić information content (AvgIpc) is 2.17. The number of hydrogen-bond donors (Lipinski definition) is 0. The van der Waals surface area contributed by atoms with Crippen molar-refractivity contribution in [3.8, 4) is 0 Å². The molecule has 0 aromatic heterocycles. The summed E-state index contributed by atoms with van der Waals surface area (Å²) in [5, 5.41) is 0. The molecule has 0 bridgehead atoms. The molecule has 0 heterocycles. The van der Waals surface area contributed by atoms with E-state index in [4.69, 9.17) is 4.74 Å². The summed E-state index contributed by atoms with van der Waals surface area (Å²) in [6.45, 7) is 2.21. The average molecular weight is 257 g/mol. The van der Waals surface area contributed by atoms with Crippen molar-refractivity contribution >= 4 is 21.9 Å². The van der Waals surface area contributed by atoms with Crippen LogP contribution in [0.1, 0.15) is 19.8 Å². The maximum Gasteiger partial charge on any atom is 0.330 e. The smallest absolute Gasteiger partial charge is 0.330 e. The van der Waals surface area contributed by atoms with Gasteiger partial charge in [-0.2, -0.15) is 0 Å². The van der Waals surface area contributed by atoms with Gasteiger partial charge in [-0.25, -0.2) is 4.79 Å². The number of carbonyl (C=O) groups excluding carboxylic acids is 1. The van der Waals surface area contributed by atoms with Gasteiger partial charge in [0.25, 0.3) is 0 Å². The van der Waals surface area contributed by atoms with Crippen LogP contribution in [0.3, 0.4) is 0 Å². The summed E-state index contributed by atoms with van der Waals surface area (Å²) in [7, 11) is 0. The summed E-state index contributed by atoms with van der Waals surface area (Å²) in [5.41, 5.74) is 1.05. The lowest BCUT2D eigenvalue weighted by Gasteiger charge is -2.06. The summed E-state index contributed by atoms with van der Waals surface area (Å²) in [6, 6.07) is 0. The van der Waals surface area contributed by atoms with Crippen LogP contribution in [-0.2, 0) is 9.53 Å². The highest BCUT2D eigenvalue weighted by Crippen LogP contribution is 2.24. The Hall–Kier alpha value is -0.830. The molecule has 1 aliphatic rings. The van der Waals surface area contributed by atoms with Crippen molar-refractivity contribution in [1.82, 2.24) is 0 Å². The Morgan fingerprint density at radius 3 is 2.93 bits per heavy atom. The Morgan fingerprint density at radius 1 is 1.57 bits per heavy atom. The van der Waals surface area contributed by atoms with Crippen LogP contribution in [0.25, 0.3) is 0 Å². The van der Waals surface area contributed by atoms with Gasteiger partial charge < -0.3 is 4.74 Å². The molecule has 3 heteroatoms. The number of esters is 1. The molecule has 0 radical (unpaired) electrons. The molecule has 0 aliphatic heterocycles. The SMILES string of the molecule is CCOC(=O)/C=C/C1=CCCC=C1Br. The van der Waals surface area contributed by atoms with Crippen LogP contribution < -0.4 is 0 Å². The normalized spacial score (nSPS) is 16.4. The van der Waals surface area contributed by atoms with E-state index in [2.05, 4.69) is 28.1 Å². The summed E-state index contributed by atoms with van der Waals surface area (Å²) < 4.78 is 5.83. The van der Waals surface area contributed by atoms with Crippen LogP contribution in [0, 0.1) is 0 Å². The third-order valence-electron chi connectivity index (χ3n) is 1.82. The Morgan fingerprint density at radius 2 is 2.29 bits per heavy atom. The first-order valence-corrected chi connectivity index (χ1v) is 5.44. The predicted octanol–water partition coefficient (Wildman–Crippen LogP) is 3.10. The summed E-state index contributed by atoms with van der Waals surface area (Å²) in [6.07, 6.45) is 9.51. The van der Waals surface area contributed by atoms with Gasteiger partial charge in [0, 0.05) is 10.6 Å². The highest BCUT2D eigenvalue weighted by atomic mass is 79.9. The Labute approximate surface area is 92.5 Å². The van der Waals surface area contributed by atoms with Gasteiger partial charge in [-0.05, 0) is 31.4 Å². The van der Waals surface area contributed by atoms with E-state index in [1.165, 1.54) is 6.08 Å². The molecular weight excluding hydrogens is 244 g/mol. The largest absolute Gasteiger partial charge is 0.463 e. The van der Waals surface area contributed by atoms with E-state index in [-0.39, 0.29) is 5.97 Å². The van der Waals surface area contributed by atoms with Crippen molar-refractivity contribution in [2.75, 3.05) is 6.61 Å². The number of hydrogen-bond acceptors (Lipinski definition) is 2. The van der Waals surface area contributed by atoms with Crippen LogP contribution >= 0.6 is 15.9 Å². The predicted molar refractivity (Wildman–Crippen MR) is 60.1 cm³/mol. The third-order valence-corrected chi connectivity index (χ3v) is 2.60. The number of carbonyl (C=O) groups is 1. The molecule has 14 heavy (non-hydrogen) atoms. The first-order valence-electron chi connectivity index (χ1n) is 4.65. The lowest BCUT2D eigenvalue weighted by Crippen LogP contribution is -1.99. The Bertz CT molecular complexity index is 300. The van der Waals surface area contributed by atoms with Crippen molar-refractivity contribution < 1.29 is 9.53 Å². The molecule has 0 fully saturated rings. The van der Waals surface area contributed by atoms with E-state index in [1.807, 2.05) is 0 Å². The number of rotatable bonds is 3. The maximum absolute atomic E-state index is 11.0. The summed E-state index contributed by atoms with van der Waals surface area (Å²) >= 11 is 3.43. The lowest BCUT2D eigenvalue weighted by molar-refractivity contribution is -0.137. The summed E-state index contributed by atoms with van der Waals surface area (Å²) in [5.74, 6) is -0.292. The first-order chi connectivity index (χ1) is 6.74. The number of ether oxygens (including phenoxy) is 1. The topological polar surface area (TPSA) is 26.3 Å². The molecule has 0 amide bonds. The molecule has 0 spiro atoms. The van der Waals surface area contributed by atoms with Crippen molar-refractivity contribution in [1.29, 1.82) is 0 Å². The minimum atomic E-state index is -0.292. The van der Waals surface area contributed by atoms with E-state index < -0.39 is 0 Å². The number of allylic oxidation sites excluding steroid dienone is 5. The van der Waals surface area contributed by atoms with Gasteiger partial charge in [0.1, 0.15) is 0 Å². The minimum Gasteiger partial charge on any atom is -0.463 e. The highest BCUT2D eigenvalue weighted by Gasteiger charge is 2.03. The van der Waals surface area contributed by atoms with Crippen LogP contribution in [0.2, 0.25) is 0 Å². The van der Waals surface area contributed by atoms with Crippen molar-refractivity contribution in [3.63, 3.8) is 0 Å². The zero-order chi connectivity index (χ0) is 10.4. The second-order valence-corrected chi connectivity index (χ2v) is 3.73. The van der Waals surface area contributed by atoms with Gasteiger partial charge in [0.2, 0.25) is 0 Å². The molecule has 0 unspecified atom stereocenters. The van der Waals surface area contributed by atoms with E-state index in [0.717, 1.165) is 22.9 Å². The monoisotopic (exact) mass is 256 g/mol. The van der Waals surface area contributed by atoms with Crippen LogP contribution in [-0.4, -0.2) is 12.6 Å². The van der Waals surface area contributed by atoms with Crippen LogP contribution in [0.15, 0.2) is 34.4 Å². The molecule has 0 aromatic rings. The molecule has 0 N–H and O–H groups in total. The molecule has 2 nitrogen and oxygen atoms in total. The van der Waals surface area contributed by atoms with Crippen molar-refractivity contribution in [2.24, 2.45) is 0 Å². The van der Waals surface area contributed by atoms with E-state index in [0.29, 0.717) is 6.61 Å². The summed E-state index contributed by atoms with van der Waals surface area (Å²) in [4.78, 5) is 11.0. The zero-order valence-electron chi connectivity index (χ0n) is 8.13. The molecule has 0 saturated heterocycles. The first kappa shape index (κ1) is 11.2. The zero-order valence-corrected chi connectivity index (χ0v) is 9.71. The quantitative estimate of drug-likeness (QED) is 0.573. The molecule has 0 atom stereocenters. The second-order valence-electron chi connectivity index (χ2n) is 2.87. The molecule has 0 saturated carbocycles. The molecule has 76 valence electrons. The fraction of sp³-hybridized carbons (Fsp3) is 0.364. The van der Waals surface area contributed by atoms with Crippen LogP contribution in [0.5, 0.6) is 0 Å². The van der Waals surface area contributed by atoms with Gasteiger partial charge in [-0.3, -0.25) is 0 Å². The fourth-order valence-corrected chi connectivity index (χ4v) is 1.68. The second kappa shape index (κ2) is 5.81. The fourth-order valence-electron chi connectivity index (χ4n) is 1.16. The van der Waals surface area contributed by atoms with Gasteiger partial charge in [0.05, 0.1) is 6.61 Å².